The number of hydrogen-bond acceptors (Lipinski definition) is 7. The number of anilines is 2. The second kappa shape index (κ2) is 6.44. The van der Waals surface area contributed by atoms with Gasteiger partial charge in [-0.3, -0.25) is 4.79 Å². The number of nitrogens with two attached hydrogens (primary N) is 1. The van der Waals surface area contributed by atoms with E-state index >= 15 is 0 Å². The van der Waals surface area contributed by atoms with Gasteiger partial charge >= 0.3 is 5.97 Å². The lowest BCUT2D eigenvalue weighted by atomic mass is 9.99. The van der Waals surface area contributed by atoms with Crippen LogP contribution in [-0.2, 0) is 4.74 Å². The maximum atomic E-state index is 12.0. The van der Waals surface area contributed by atoms with E-state index in [1.807, 2.05) is 4.90 Å². The quantitative estimate of drug-likeness (QED) is 0.647. The summed E-state index contributed by atoms with van der Waals surface area (Å²) in [4.78, 5) is 26.1. The van der Waals surface area contributed by atoms with Gasteiger partial charge < -0.3 is 20.5 Å². The fourth-order valence-electron chi connectivity index (χ4n) is 2.61. The van der Waals surface area contributed by atoms with Gasteiger partial charge in [-0.25, -0.2) is 4.79 Å². The first-order valence-electron chi connectivity index (χ1n) is 6.86. The first-order chi connectivity index (χ1) is 9.99. The molecule has 1 aliphatic rings. The molecule has 7 heteroatoms. The number of rotatable bonds is 4. The number of ketones is 1. The van der Waals surface area contributed by atoms with Crippen LogP contribution in [0.3, 0.4) is 0 Å². The van der Waals surface area contributed by atoms with E-state index in [-0.39, 0.29) is 29.6 Å². The summed E-state index contributed by atoms with van der Waals surface area (Å²) in [5, 5.41) is 10.0. The van der Waals surface area contributed by atoms with Gasteiger partial charge in [0.2, 0.25) is 0 Å². The molecule has 0 saturated carbocycles. The van der Waals surface area contributed by atoms with Gasteiger partial charge in [-0.15, -0.1) is 11.3 Å². The number of esters is 1. The highest BCUT2D eigenvalue weighted by Gasteiger charge is 2.30. The zero-order valence-electron chi connectivity index (χ0n) is 12.2. The largest absolute Gasteiger partial charge is 0.465 e. The molecule has 1 aromatic rings. The zero-order valence-corrected chi connectivity index (χ0v) is 13.0. The molecule has 1 fully saturated rings. The first kappa shape index (κ1) is 15.8. The van der Waals surface area contributed by atoms with Crippen LogP contribution in [0.15, 0.2) is 0 Å². The maximum absolute atomic E-state index is 12.0. The molecule has 0 spiro atoms. The number of ether oxygens (including phenoxy) is 1. The molecule has 3 N–H and O–H groups in total. The molecule has 0 aliphatic carbocycles. The average Bonchev–Trinajstić information content (AvgIpc) is 2.84. The minimum atomic E-state index is -0.530. The van der Waals surface area contributed by atoms with Crippen molar-refractivity contribution in [2.45, 2.75) is 19.8 Å². The molecule has 0 radical (unpaired) electrons. The summed E-state index contributed by atoms with van der Waals surface area (Å²) in [7, 11) is 1.30. The number of methoxy groups -OCH3 is 1. The summed E-state index contributed by atoms with van der Waals surface area (Å²) in [6.45, 7) is 2.97. The zero-order chi connectivity index (χ0) is 15.6. The van der Waals surface area contributed by atoms with Crippen molar-refractivity contribution >= 4 is 33.8 Å². The van der Waals surface area contributed by atoms with Gasteiger partial charge in [0.1, 0.15) is 10.6 Å². The number of piperidine rings is 1. The van der Waals surface area contributed by atoms with E-state index in [0.717, 1.165) is 19.4 Å². The van der Waals surface area contributed by atoms with Crippen LogP contribution >= 0.6 is 11.3 Å². The highest BCUT2D eigenvalue weighted by Crippen LogP contribution is 2.40. The molecule has 1 aliphatic heterocycles. The summed E-state index contributed by atoms with van der Waals surface area (Å²) >= 11 is 1.23. The summed E-state index contributed by atoms with van der Waals surface area (Å²) < 4.78 is 4.80. The molecule has 116 valence electrons. The van der Waals surface area contributed by atoms with Crippen LogP contribution in [0.5, 0.6) is 0 Å². The number of nitrogens with zero attached hydrogens (tertiary/aromatic N) is 1. The Hall–Kier alpha value is -1.60. The van der Waals surface area contributed by atoms with E-state index in [0.29, 0.717) is 16.4 Å². The number of carbonyl (C=O) groups is 2. The van der Waals surface area contributed by atoms with E-state index in [1.54, 1.807) is 0 Å². The predicted molar refractivity (Wildman–Crippen MR) is 82.1 cm³/mol. The van der Waals surface area contributed by atoms with Gasteiger partial charge in [-0.2, -0.15) is 0 Å². The van der Waals surface area contributed by atoms with Crippen LogP contribution in [0.4, 0.5) is 10.7 Å². The standard InChI is InChI=1S/C14H20N2O4S/c1-8(18)12-11(15)10(14(19)20-2)13(21-12)16-5-3-4-9(6-16)7-17/h9,17H,3-7,15H2,1-2H3. The number of aliphatic hydroxyl groups excluding tert-OH is 1. The van der Waals surface area contributed by atoms with E-state index in [2.05, 4.69) is 0 Å². The predicted octanol–water partition coefficient (Wildman–Crippen LogP) is 1.53. The number of Topliss-reactive ketones (excluding diaryl/α,β-unsaturated/α-hetero) is 1. The van der Waals surface area contributed by atoms with Gasteiger partial charge in [0.15, 0.2) is 5.78 Å². The Morgan fingerprint density at radius 3 is 2.81 bits per heavy atom. The molecule has 0 aromatic carbocycles. The number of nitrogen functional groups attached to an aromatic ring is 1. The smallest absolute Gasteiger partial charge is 0.343 e. The second-order valence-electron chi connectivity index (χ2n) is 5.21. The van der Waals surface area contributed by atoms with Crippen LogP contribution in [-0.4, -0.2) is 43.7 Å². The molecule has 2 heterocycles. The van der Waals surface area contributed by atoms with E-state index in [9.17, 15) is 14.7 Å². The Kier molecular flexibility index (Phi) is 4.84. The lowest BCUT2D eigenvalue weighted by Crippen LogP contribution is -2.37. The third kappa shape index (κ3) is 3.03. The van der Waals surface area contributed by atoms with Gasteiger partial charge in [0.25, 0.3) is 0 Å². The normalized spacial score (nSPS) is 18.6. The molecule has 1 unspecified atom stereocenters. The van der Waals surface area contributed by atoms with Crippen molar-refractivity contribution in [1.82, 2.24) is 0 Å². The van der Waals surface area contributed by atoms with Gasteiger partial charge in [-0.1, -0.05) is 0 Å². The molecule has 0 amide bonds. The number of carbonyl (C=O) groups excluding carboxylic acids is 2. The fourth-order valence-corrected chi connectivity index (χ4v) is 3.75. The Balaban J connectivity index is 2.44. The summed E-state index contributed by atoms with van der Waals surface area (Å²) in [6, 6.07) is 0. The Labute approximate surface area is 127 Å². The summed E-state index contributed by atoms with van der Waals surface area (Å²) in [5.41, 5.74) is 6.43. The summed E-state index contributed by atoms with van der Waals surface area (Å²) in [6.07, 6.45) is 1.89. The lowest BCUT2D eigenvalue weighted by Gasteiger charge is -2.33. The highest BCUT2D eigenvalue weighted by atomic mass is 32.1. The molecule has 1 saturated heterocycles. The van der Waals surface area contributed by atoms with Gasteiger partial charge in [0, 0.05) is 26.6 Å². The van der Waals surface area contributed by atoms with Crippen molar-refractivity contribution in [1.29, 1.82) is 0 Å². The molecule has 21 heavy (non-hydrogen) atoms. The average molecular weight is 312 g/mol. The van der Waals surface area contributed by atoms with Gasteiger partial charge in [-0.05, 0) is 18.8 Å². The second-order valence-corrected chi connectivity index (χ2v) is 6.21. The van der Waals surface area contributed by atoms with Crippen LogP contribution in [0.2, 0.25) is 0 Å². The molecule has 2 rings (SSSR count). The summed E-state index contributed by atoms with van der Waals surface area (Å²) in [5.74, 6) is -0.518. The van der Waals surface area contributed by atoms with Crippen LogP contribution in [0, 0.1) is 5.92 Å². The molecular formula is C14H20N2O4S. The fraction of sp³-hybridized carbons (Fsp3) is 0.571. The van der Waals surface area contributed by atoms with Crippen molar-refractivity contribution in [3.8, 4) is 0 Å². The van der Waals surface area contributed by atoms with E-state index < -0.39 is 5.97 Å². The van der Waals surface area contributed by atoms with Crippen LogP contribution in [0.1, 0.15) is 39.8 Å². The molecular weight excluding hydrogens is 292 g/mol. The minimum Gasteiger partial charge on any atom is -0.465 e. The van der Waals surface area contributed by atoms with Crippen molar-refractivity contribution in [2.75, 3.05) is 37.4 Å². The molecule has 6 nitrogen and oxygen atoms in total. The number of hydrogen-bond donors (Lipinski definition) is 2. The van der Waals surface area contributed by atoms with Crippen molar-refractivity contribution < 1.29 is 19.4 Å². The van der Waals surface area contributed by atoms with Crippen LogP contribution in [0.25, 0.3) is 0 Å². The topological polar surface area (TPSA) is 92.9 Å². The van der Waals surface area contributed by atoms with Crippen molar-refractivity contribution in [3.63, 3.8) is 0 Å². The van der Waals surface area contributed by atoms with E-state index in [4.69, 9.17) is 10.5 Å². The first-order valence-corrected chi connectivity index (χ1v) is 7.68. The Morgan fingerprint density at radius 1 is 1.52 bits per heavy atom. The number of aliphatic hydroxyl groups is 1. The Bertz CT molecular complexity index is 555. The van der Waals surface area contributed by atoms with Crippen molar-refractivity contribution in [3.05, 3.63) is 10.4 Å². The number of thiophene rings is 1. The molecule has 1 aromatic heterocycles. The molecule has 0 bridgehead atoms. The SMILES string of the molecule is COC(=O)c1c(N2CCCC(CO)C2)sc(C(C)=O)c1N. The third-order valence-corrected chi connectivity index (χ3v) is 5.07. The van der Waals surface area contributed by atoms with Crippen LogP contribution < -0.4 is 10.6 Å². The highest BCUT2D eigenvalue weighted by molar-refractivity contribution is 7.19. The molecule has 1 atom stereocenters. The maximum Gasteiger partial charge on any atom is 0.343 e. The third-order valence-electron chi connectivity index (χ3n) is 3.70. The van der Waals surface area contributed by atoms with Crippen molar-refractivity contribution in [2.24, 2.45) is 5.92 Å². The lowest BCUT2D eigenvalue weighted by molar-refractivity contribution is 0.0603. The van der Waals surface area contributed by atoms with Gasteiger partial charge in [0.05, 0.1) is 17.7 Å². The minimum absolute atomic E-state index is 0.116. The Morgan fingerprint density at radius 2 is 2.24 bits per heavy atom. The monoisotopic (exact) mass is 312 g/mol. The van der Waals surface area contributed by atoms with E-state index in [1.165, 1.54) is 25.4 Å².